The molecule has 0 N–H and O–H groups in total. The van der Waals surface area contributed by atoms with Gasteiger partial charge in [0.15, 0.2) is 11.2 Å². The Balaban J connectivity index is 0.842. The third-order valence-corrected chi connectivity index (χ3v) is 17.2. The van der Waals surface area contributed by atoms with Gasteiger partial charge < -0.3 is 22.6 Å². The van der Waals surface area contributed by atoms with Crippen molar-refractivity contribution in [2.45, 2.75) is 17.8 Å². The molecule has 1 unspecified atom stereocenters. The third kappa shape index (κ3) is 7.66. The molecule has 0 radical (unpaired) electrons. The highest BCUT2D eigenvalue weighted by atomic mass is 16.4. The average Bonchev–Trinajstić information content (AvgIpc) is 1.89. The van der Waals surface area contributed by atoms with Crippen LogP contribution in [-0.4, -0.2) is 9.97 Å². The molecule has 17 rings (SSSR count). The van der Waals surface area contributed by atoms with Gasteiger partial charge in [-0.2, -0.15) is 0 Å². The van der Waals surface area contributed by atoms with Crippen LogP contribution in [0.15, 0.2) is 297 Å². The molecule has 1 aliphatic rings. The van der Waals surface area contributed by atoms with E-state index >= 15 is 0 Å². The van der Waals surface area contributed by atoms with Crippen molar-refractivity contribution in [3.63, 3.8) is 0 Å². The molecule has 0 saturated carbocycles. The first-order valence-corrected chi connectivity index (χ1v) is 28.5. The molecule has 16 aromatic rings. The number of anilines is 3. The summed E-state index contributed by atoms with van der Waals surface area (Å²) in [5, 5.41) is 4.38. The van der Waals surface area contributed by atoms with Crippen LogP contribution in [0.2, 0.25) is 0 Å². The first kappa shape index (κ1) is 47.8. The Labute approximate surface area is 483 Å². The normalized spacial score (nSPS) is 13.1. The molecule has 84 heavy (non-hydrogen) atoms. The summed E-state index contributed by atoms with van der Waals surface area (Å²) >= 11 is 0. The Morgan fingerprint density at radius 3 is 1.38 bits per heavy atom. The largest absolute Gasteiger partial charge is 0.456 e. The first-order chi connectivity index (χ1) is 41.6. The number of furan rings is 2. The molecular formula is C77H49N3O4. The fraction of sp³-hybridized carbons (Fsp3) is 0.0390. The van der Waals surface area contributed by atoms with Crippen LogP contribution < -0.4 is 4.90 Å². The van der Waals surface area contributed by atoms with Gasteiger partial charge >= 0.3 is 0 Å². The summed E-state index contributed by atoms with van der Waals surface area (Å²) in [6.45, 7) is 0. The predicted octanol–water partition coefficient (Wildman–Crippen LogP) is 20.3. The van der Waals surface area contributed by atoms with Gasteiger partial charge in [0.2, 0.25) is 11.8 Å². The lowest BCUT2D eigenvalue weighted by Gasteiger charge is -2.35. The van der Waals surface area contributed by atoms with Crippen molar-refractivity contribution in [2.75, 3.05) is 4.90 Å². The van der Waals surface area contributed by atoms with Crippen molar-refractivity contribution < 1.29 is 17.7 Å². The number of para-hydroxylation sites is 6. The Morgan fingerprint density at radius 1 is 0.333 bits per heavy atom. The standard InChI is InChI=1S/C77H49N3O4/c1-3-15-53(16-4-1)77(54-17-5-2-6-18-54)65-44-51(64(52-34-40-62-60-19-7-11-23-69(60)81-73(62)45-52)43-48-27-29-49(30-28-48)75-78-67-21-9-13-25-71(67)83-75)33-39-58(65)59-41-37-56(46-66(59)77)80(57-38-42-63-61-20-8-12-24-70(61)82-74(63)47-57)55-35-31-50(32-36-55)76-79-68-22-10-14-26-72(68)84-76/h1-42,44-47,64H,43H2. The lowest BCUT2D eigenvalue weighted by molar-refractivity contribution is 0.619. The monoisotopic (exact) mass is 1080 g/mol. The van der Waals surface area contributed by atoms with Crippen molar-refractivity contribution in [1.82, 2.24) is 9.97 Å². The molecule has 4 heterocycles. The van der Waals surface area contributed by atoms with E-state index in [2.05, 4.69) is 217 Å². The van der Waals surface area contributed by atoms with Crippen molar-refractivity contribution in [3.05, 3.63) is 318 Å². The van der Waals surface area contributed by atoms with Crippen molar-refractivity contribution in [1.29, 1.82) is 0 Å². The van der Waals surface area contributed by atoms with Crippen LogP contribution in [0.3, 0.4) is 0 Å². The van der Waals surface area contributed by atoms with E-state index in [1.54, 1.807) is 0 Å². The van der Waals surface area contributed by atoms with Gasteiger partial charge in [-0.25, -0.2) is 9.97 Å². The topological polar surface area (TPSA) is 81.6 Å². The lowest BCUT2D eigenvalue weighted by atomic mass is 9.67. The number of benzene rings is 12. The zero-order valence-corrected chi connectivity index (χ0v) is 45.3. The van der Waals surface area contributed by atoms with Gasteiger partial charge in [0.25, 0.3) is 0 Å². The first-order valence-electron chi connectivity index (χ1n) is 28.5. The number of rotatable bonds is 11. The molecule has 0 bridgehead atoms. The molecule has 0 fully saturated rings. The van der Waals surface area contributed by atoms with E-state index in [4.69, 9.17) is 27.6 Å². The minimum atomic E-state index is -0.737. The highest BCUT2D eigenvalue weighted by Gasteiger charge is 2.47. The fourth-order valence-electron chi connectivity index (χ4n) is 13.3. The van der Waals surface area contributed by atoms with Gasteiger partial charge in [0, 0.05) is 61.7 Å². The van der Waals surface area contributed by atoms with Crippen molar-refractivity contribution in [3.8, 4) is 34.0 Å². The highest BCUT2D eigenvalue weighted by Crippen LogP contribution is 2.58. The molecule has 1 aliphatic carbocycles. The lowest BCUT2D eigenvalue weighted by Crippen LogP contribution is -2.29. The van der Waals surface area contributed by atoms with Crippen LogP contribution in [0, 0.1) is 0 Å². The fourth-order valence-corrected chi connectivity index (χ4v) is 13.3. The van der Waals surface area contributed by atoms with Gasteiger partial charge in [-0.3, -0.25) is 0 Å². The number of fused-ring (bicyclic) bond motifs is 11. The van der Waals surface area contributed by atoms with Crippen molar-refractivity contribution >= 4 is 83.1 Å². The van der Waals surface area contributed by atoms with E-state index in [-0.39, 0.29) is 5.92 Å². The van der Waals surface area contributed by atoms with Crippen LogP contribution >= 0.6 is 0 Å². The van der Waals surface area contributed by atoms with E-state index in [0.717, 1.165) is 101 Å². The number of nitrogens with zero attached hydrogens (tertiary/aromatic N) is 3. The second-order valence-corrected chi connectivity index (χ2v) is 22.0. The van der Waals surface area contributed by atoms with Crippen LogP contribution in [0.1, 0.15) is 44.9 Å². The molecular weight excluding hydrogens is 1030 g/mol. The van der Waals surface area contributed by atoms with Crippen LogP contribution in [0.25, 0.3) is 100 Å². The molecule has 396 valence electrons. The molecule has 7 nitrogen and oxygen atoms in total. The molecule has 7 heteroatoms. The molecule has 1 atom stereocenters. The molecule has 0 saturated heterocycles. The molecule has 12 aromatic carbocycles. The summed E-state index contributed by atoms with van der Waals surface area (Å²) in [6, 6.07) is 99.4. The van der Waals surface area contributed by atoms with Crippen LogP contribution in [-0.2, 0) is 11.8 Å². The summed E-state index contributed by atoms with van der Waals surface area (Å²) in [5.41, 5.74) is 21.4. The third-order valence-electron chi connectivity index (χ3n) is 17.2. The summed E-state index contributed by atoms with van der Waals surface area (Å²) in [6.07, 6.45) is 0.731. The van der Waals surface area contributed by atoms with Crippen LogP contribution in [0.4, 0.5) is 17.1 Å². The second-order valence-electron chi connectivity index (χ2n) is 22.0. The van der Waals surface area contributed by atoms with E-state index < -0.39 is 5.41 Å². The Kier molecular flexibility index (Phi) is 10.8. The van der Waals surface area contributed by atoms with Gasteiger partial charge in [-0.15, -0.1) is 0 Å². The van der Waals surface area contributed by atoms with E-state index in [1.165, 1.54) is 50.1 Å². The van der Waals surface area contributed by atoms with E-state index in [9.17, 15) is 0 Å². The SMILES string of the molecule is c1ccc(C2(c3ccccc3)c3cc(C(Cc4ccc(-c5nc6ccccc6o5)cc4)c4ccc5c(c4)oc4ccccc45)ccc3-c3ccc(N(c4ccc(-c5nc6ccccc6o5)cc4)c4ccc5c(c4)oc4ccccc45)cc32)cc1. The summed E-state index contributed by atoms with van der Waals surface area (Å²) in [4.78, 5) is 12.0. The average molecular weight is 1080 g/mol. The number of aromatic nitrogens is 2. The number of hydrogen-bond acceptors (Lipinski definition) is 7. The zero-order chi connectivity index (χ0) is 55.3. The van der Waals surface area contributed by atoms with E-state index in [0.29, 0.717) is 11.8 Å². The van der Waals surface area contributed by atoms with Gasteiger partial charge in [0.05, 0.1) is 5.41 Å². The minimum Gasteiger partial charge on any atom is -0.456 e. The number of hydrogen-bond donors (Lipinski definition) is 0. The quantitative estimate of drug-likeness (QED) is 0.128. The van der Waals surface area contributed by atoms with Gasteiger partial charge in [0.1, 0.15) is 33.4 Å². The van der Waals surface area contributed by atoms with E-state index in [1.807, 2.05) is 66.7 Å². The molecule has 4 aromatic heterocycles. The summed E-state index contributed by atoms with van der Waals surface area (Å²) < 4.78 is 25.7. The minimum absolute atomic E-state index is 0.0620. The van der Waals surface area contributed by atoms with Gasteiger partial charge in [-0.1, -0.05) is 170 Å². The maximum absolute atomic E-state index is 6.62. The molecule has 0 spiro atoms. The molecule has 0 aliphatic heterocycles. The summed E-state index contributed by atoms with van der Waals surface area (Å²) in [5.74, 6) is 1.13. The second kappa shape index (κ2) is 19.0. The smallest absolute Gasteiger partial charge is 0.227 e. The number of oxazole rings is 2. The maximum atomic E-state index is 6.62. The van der Waals surface area contributed by atoms with Crippen molar-refractivity contribution in [2.24, 2.45) is 0 Å². The Bertz CT molecular complexity index is 5080. The summed E-state index contributed by atoms with van der Waals surface area (Å²) in [7, 11) is 0. The van der Waals surface area contributed by atoms with Crippen LogP contribution in [0.5, 0.6) is 0 Å². The molecule has 0 amide bonds. The highest BCUT2D eigenvalue weighted by molar-refractivity contribution is 6.07. The zero-order valence-electron chi connectivity index (χ0n) is 45.3. The predicted molar refractivity (Wildman–Crippen MR) is 337 cm³/mol. The van der Waals surface area contributed by atoms with Gasteiger partial charge in [-0.05, 0) is 160 Å². The Morgan fingerprint density at radius 2 is 0.774 bits per heavy atom. The Hall–Kier alpha value is -11.0. The maximum Gasteiger partial charge on any atom is 0.227 e.